The van der Waals surface area contributed by atoms with Crippen molar-refractivity contribution < 1.29 is 13.2 Å². The van der Waals surface area contributed by atoms with Gasteiger partial charge in [-0.05, 0) is 12.8 Å². The largest absolute Gasteiger partial charge is 0.379 e. The molecule has 0 radical (unpaired) electrons. The first-order chi connectivity index (χ1) is 11.1. The third-order valence-corrected chi connectivity index (χ3v) is 7.65. The van der Waals surface area contributed by atoms with Crippen molar-refractivity contribution in [2.75, 3.05) is 13.2 Å². The number of ether oxygens (including phenoxy) is 1. The Hall–Kier alpha value is -0.0900. The molecular weight excluding hydrogens is 308 g/mol. The Kier molecular flexibility index (Phi) is 11.2. The van der Waals surface area contributed by atoms with E-state index in [4.69, 9.17) is 4.74 Å². The first-order valence-corrected chi connectivity index (χ1v) is 11.5. The molecule has 1 atom stereocenters. The summed E-state index contributed by atoms with van der Waals surface area (Å²) < 4.78 is 30.6. The van der Waals surface area contributed by atoms with Crippen molar-refractivity contribution in [1.82, 2.24) is 0 Å². The topological polar surface area (TPSA) is 43.4 Å². The molecule has 138 valence electrons. The van der Waals surface area contributed by atoms with Crippen LogP contribution in [0.1, 0.15) is 97.3 Å². The minimum atomic E-state index is -2.98. The molecule has 0 bridgehead atoms. The third-order valence-electron chi connectivity index (χ3n) is 5.05. The molecule has 4 heteroatoms. The summed E-state index contributed by atoms with van der Waals surface area (Å²) in [6, 6.07) is 0. The maximum absolute atomic E-state index is 12.7. The Balaban J connectivity index is 2.35. The average molecular weight is 347 g/mol. The van der Waals surface area contributed by atoms with E-state index in [1.54, 1.807) is 0 Å². The lowest BCUT2D eigenvalue weighted by Crippen LogP contribution is -2.45. The molecule has 0 spiro atoms. The van der Waals surface area contributed by atoms with Crippen LogP contribution in [0, 0.1) is 0 Å². The molecule has 3 nitrogen and oxygen atoms in total. The molecule has 1 heterocycles. The molecular formula is C19H38O3S. The minimum absolute atomic E-state index is 0.121. The van der Waals surface area contributed by atoms with E-state index in [1.165, 1.54) is 57.8 Å². The van der Waals surface area contributed by atoms with Crippen LogP contribution in [0.15, 0.2) is 0 Å². The first kappa shape index (κ1) is 21.0. The van der Waals surface area contributed by atoms with E-state index in [0.29, 0.717) is 13.2 Å². The molecule has 1 aliphatic heterocycles. The molecule has 0 aromatic carbocycles. The van der Waals surface area contributed by atoms with Gasteiger partial charge in [0, 0.05) is 0 Å². The van der Waals surface area contributed by atoms with Gasteiger partial charge in [-0.3, -0.25) is 0 Å². The van der Waals surface area contributed by atoms with E-state index >= 15 is 0 Å². The molecule has 1 saturated heterocycles. The minimum Gasteiger partial charge on any atom is -0.379 e. The Labute approximate surface area is 144 Å². The van der Waals surface area contributed by atoms with Crippen LogP contribution in [0.25, 0.3) is 0 Å². The molecule has 0 amide bonds. The van der Waals surface area contributed by atoms with Crippen molar-refractivity contribution >= 4 is 9.84 Å². The van der Waals surface area contributed by atoms with Crippen LogP contribution in [0.5, 0.6) is 0 Å². The van der Waals surface area contributed by atoms with Gasteiger partial charge >= 0.3 is 0 Å². The fourth-order valence-corrected chi connectivity index (χ4v) is 5.38. The van der Waals surface area contributed by atoms with E-state index in [-0.39, 0.29) is 10.5 Å². The Morgan fingerprint density at radius 3 is 1.61 bits per heavy atom. The van der Waals surface area contributed by atoms with Crippen LogP contribution >= 0.6 is 0 Å². The molecule has 0 aliphatic carbocycles. The van der Waals surface area contributed by atoms with Crippen LogP contribution in [0.2, 0.25) is 0 Å². The SMILES string of the molecule is CCCCCCCCC(CCCCCCC)S(=O)(=O)C1COC1. The number of rotatable bonds is 15. The van der Waals surface area contributed by atoms with Gasteiger partial charge in [0.2, 0.25) is 0 Å². The smallest absolute Gasteiger partial charge is 0.160 e. The number of hydrogen-bond acceptors (Lipinski definition) is 3. The second-order valence-corrected chi connectivity index (χ2v) is 9.64. The van der Waals surface area contributed by atoms with Crippen molar-refractivity contribution in [3.63, 3.8) is 0 Å². The highest BCUT2D eigenvalue weighted by atomic mass is 32.2. The van der Waals surface area contributed by atoms with Crippen molar-refractivity contribution in [3.8, 4) is 0 Å². The van der Waals surface area contributed by atoms with Gasteiger partial charge in [-0.25, -0.2) is 8.42 Å². The number of unbranched alkanes of at least 4 members (excludes halogenated alkanes) is 9. The second-order valence-electron chi connectivity index (χ2n) is 7.13. The molecule has 0 aromatic heterocycles. The zero-order valence-electron chi connectivity index (χ0n) is 15.4. The zero-order valence-corrected chi connectivity index (χ0v) is 16.2. The lowest BCUT2D eigenvalue weighted by Gasteiger charge is -2.30. The van der Waals surface area contributed by atoms with Crippen molar-refractivity contribution in [1.29, 1.82) is 0 Å². The van der Waals surface area contributed by atoms with E-state index in [1.807, 2.05) is 0 Å². The Bertz CT molecular complexity index is 374. The predicted octanol–water partition coefficient (Wildman–Crippen LogP) is 5.28. The maximum atomic E-state index is 12.7. The molecule has 1 rings (SSSR count). The Morgan fingerprint density at radius 2 is 1.22 bits per heavy atom. The van der Waals surface area contributed by atoms with Crippen LogP contribution in [-0.4, -0.2) is 32.1 Å². The predicted molar refractivity (Wildman–Crippen MR) is 98.7 cm³/mol. The van der Waals surface area contributed by atoms with Gasteiger partial charge < -0.3 is 4.74 Å². The van der Waals surface area contributed by atoms with Crippen LogP contribution in [0.4, 0.5) is 0 Å². The normalized spacial score (nSPS) is 17.1. The van der Waals surface area contributed by atoms with E-state index in [0.717, 1.165) is 25.7 Å². The molecule has 1 fully saturated rings. The van der Waals surface area contributed by atoms with Gasteiger partial charge in [-0.2, -0.15) is 0 Å². The maximum Gasteiger partial charge on any atom is 0.160 e. The summed E-state index contributed by atoms with van der Waals surface area (Å²) in [7, 11) is -2.98. The Morgan fingerprint density at radius 1 is 0.783 bits per heavy atom. The van der Waals surface area contributed by atoms with Crippen molar-refractivity contribution in [2.24, 2.45) is 0 Å². The fraction of sp³-hybridized carbons (Fsp3) is 1.00. The van der Waals surface area contributed by atoms with E-state index < -0.39 is 9.84 Å². The summed E-state index contributed by atoms with van der Waals surface area (Å²) in [6.45, 7) is 5.28. The molecule has 1 unspecified atom stereocenters. The van der Waals surface area contributed by atoms with E-state index in [9.17, 15) is 8.42 Å². The van der Waals surface area contributed by atoms with Gasteiger partial charge in [0.05, 0.1) is 18.5 Å². The molecule has 0 aromatic rings. The van der Waals surface area contributed by atoms with Gasteiger partial charge in [-0.1, -0.05) is 84.5 Å². The van der Waals surface area contributed by atoms with Crippen molar-refractivity contribution in [3.05, 3.63) is 0 Å². The number of hydrogen-bond donors (Lipinski definition) is 0. The lowest BCUT2D eigenvalue weighted by atomic mass is 10.0. The molecule has 1 aliphatic rings. The van der Waals surface area contributed by atoms with Crippen LogP contribution in [0.3, 0.4) is 0 Å². The van der Waals surface area contributed by atoms with Crippen molar-refractivity contribution in [2.45, 2.75) is 108 Å². The first-order valence-electron chi connectivity index (χ1n) is 9.93. The summed E-state index contributed by atoms with van der Waals surface area (Å²) in [5.41, 5.74) is 0. The monoisotopic (exact) mass is 346 g/mol. The van der Waals surface area contributed by atoms with Gasteiger partial charge in [0.1, 0.15) is 5.25 Å². The van der Waals surface area contributed by atoms with Gasteiger partial charge in [-0.15, -0.1) is 0 Å². The fourth-order valence-electron chi connectivity index (χ4n) is 3.28. The second kappa shape index (κ2) is 12.3. The van der Waals surface area contributed by atoms with Gasteiger partial charge in [0.15, 0.2) is 9.84 Å². The third kappa shape index (κ3) is 8.02. The lowest BCUT2D eigenvalue weighted by molar-refractivity contribution is 0.0411. The summed E-state index contributed by atoms with van der Waals surface area (Å²) in [6.07, 6.45) is 15.1. The van der Waals surface area contributed by atoms with Crippen LogP contribution < -0.4 is 0 Å². The number of sulfone groups is 1. The quantitative estimate of drug-likeness (QED) is 0.379. The van der Waals surface area contributed by atoms with Gasteiger partial charge in [0.25, 0.3) is 0 Å². The highest BCUT2D eigenvalue weighted by molar-refractivity contribution is 7.92. The highest BCUT2D eigenvalue weighted by Crippen LogP contribution is 2.25. The van der Waals surface area contributed by atoms with E-state index in [2.05, 4.69) is 13.8 Å². The summed E-state index contributed by atoms with van der Waals surface area (Å²) in [5, 5.41) is -0.340. The highest BCUT2D eigenvalue weighted by Gasteiger charge is 2.37. The summed E-state index contributed by atoms with van der Waals surface area (Å²) >= 11 is 0. The summed E-state index contributed by atoms with van der Waals surface area (Å²) in [5.74, 6) is 0. The zero-order chi connectivity index (χ0) is 17.0. The average Bonchev–Trinajstić information content (AvgIpc) is 2.45. The van der Waals surface area contributed by atoms with Crippen LogP contribution in [-0.2, 0) is 14.6 Å². The molecule has 0 N–H and O–H groups in total. The summed E-state index contributed by atoms with van der Waals surface area (Å²) in [4.78, 5) is 0. The standard InChI is InChI=1S/C19H38O3S/c1-3-5-7-9-11-13-15-18(14-12-10-8-6-4-2)23(20,21)19-16-22-17-19/h18-19H,3-17H2,1-2H3. The molecule has 0 saturated carbocycles. The molecule has 23 heavy (non-hydrogen) atoms.